The first-order valence-electron chi connectivity index (χ1n) is 10.4. The van der Waals surface area contributed by atoms with Crippen LogP contribution in [0.2, 0.25) is 0 Å². The zero-order chi connectivity index (χ0) is 20.9. The molecule has 2 unspecified atom stereocenters. The highest BCUT2D eigenvalue weighted by Gasteiger charge is 2.58. The average Bonchev–Trinajstić information content (AvgIpc) is 2.71. The Labute approximate surface area is 169 Å². The van der Waals surface area contributed by atoms with Gasteiger partial charge in [-0.25, -0.2) is 9.59 Å². The molecule has 0 aliphatic heterocycles. The summed E-state index contributed by atoms with van der Waals surface area (Å²) in [6, 6.07) is 5.13. The van der Waals surface area contributed by atoms with Gasteiger partial charge in [-0.1, -0.05) is 25.8 Å². The molecule has 2 bridgehead atoms. The molecule has 7 nitrogen and oxygen atoms in total. The van der Waals surface area contributed by atoms with Crippen molar-refractivity contribution in [2.24, 2.45) is 17.8 Å². The molecular weight excluding hydrogens is 376 g/mol. The minimum atomic E-state index is -2.23. The van der Waals surface area contributed by atoms with Crippen LogP contribution in [-0.2, 0) is 19.7 Å². The van der Waals surface area contributed by atoms with E-state index in [1.165, 1.54) is 0 Å². The van der Waals surface area contributed by atoms with Gasteiger partial charge in [-0.2, -0.15) is 0 Å². The summed E-state index contributed by atoms with van der Waals surface area (Å²) in [7, 11) is 0. The van der Waals surface area contributed by atoms with Crippen LogP contribution in [0.25, 0.3) is 0 Å². The minimum Gasteiger partial charge on any atom is -0.508 e. The average molecular weight is 404 g/mol. The van der Waals surface area contributed by atoms with Gasteiger partial charge in [0.25, 0.3) is 0 Å². The number of rotatable bonds is 4. The number of aromatic hydroxyl groups is 1. The van der Waals surface area contributed by atoms with E-state index in [1.807, 2.05) is 0 Å². The highest BCUT2D eigenvalue weighted by Crippen LogP contribution is 2.64. The lowest BCUT2D eigenvalue weighted by molar-refractivity contribution is -0.182. The van der Waals surface area contributed by atoms with Gasteiger partial charge < -0.3 is 25.2 Å². The lowest BCUT2D eigenvalue weighted by Gasteiger charge is -2.59. The van der Waals surface area contributed by atoms with Gasteiger partial charge in [0.2, 0.25) is 0 Å². The zero-order valence-corrected chi connectivity index (χ0v) is 16.5. The van der Waals surface area contributed by atoms with Crippen LogP contribution < -0.4 is 0 Å². The van der Waals surface area contributed by atoms with E-state index < -0.39 is 30.3 Å². The number of benzene rings is 1. The van der Waals surface area contributed by atoms with E-state index in [4.69, 9.17) is 9.84 Å². The number of hydrogen-bond acceptors (Lipinski definition) is 6. The van der Waals surface area contributed by atoms with Crippen LogP contribution in [0.1, 0.15) is 62.7 Å². The monoisotopic (exact) mass is 404 g/mol. The maximum Gasteiger partial charge on any atom is 0.338 e. The maximum atomic E-state index is 12.5. The fourth-order valence-electron chi connectivity index (χ4n) is 6.22. The Morgan fingerprint density at radius 2 is 1.90 bits per heavy atom. The van der Waals surface area contributed by atoms with Gasteiger partial charge in [0.05, 0.1) is 0 Å². The molecule has 2 fully saturated rings. The van der Waals surface area contributed by atoms with Crippen LogP contribution >= 0.6 is 0 Å². The number of fused-ring (bicyclic) bond motifs is 1. The quantitative estimate of drug-likeness (QED) is 0.568. The molecule has 29 heavy (non-hydrogen) atoms. The van der Waals surface area contributed by atoms with Crippen LogP contribution in [0.5, 0.6) is 5.75 Å². The summed E-state index contributed by atoms with van der Waals surface area (Å²) in [5.41, 5.74) is 1.80. The van der Waals surface area contributed by atoms with Crippen molar-refractivity contribution in [2.45, 2.75) is 69.2 Å². The molecule has 0 saturated heterocycles. The largest absolute Gasteiger partial charge is 0.508 e. The number of esters is 1. The van der Waals surface area contributed by atoms with Crippen LogP contribution in [0.15, 0.2) is 18.2 Å². The van der Waals surface area contributed by atoms with Gasteiger partial charge in [0.15, 0.2) is 12.2 Å². The number of aliphatic hydroxyl groups excluding tert-OH is 2. The molecule has 0 spiro atoms. The van der Waals surface area contributed by atoms with Gasteiger partial charge in [-0.05, 0) is 66.2 Å². The molecule has 0 amide bonds. The number of carbonyl (C=O) groups excluding carboxylic acids is 1. The molecule has 2 saturated carbocycles. The number of phenols is 1. The van der Waals surface area contributed by atoms with E-state index >= 15 is 0 Å². The molecule has 7 heteroatoms. The summed E-state index contributed by atoms with van der Waals surface area (Å²) in [5, 5.41) is 38.6. The van der Waals surface area contributed by atoms with Crippen LogP contribution in [-0.4, -0.2) is 44.6 Å². The number of hydrogen-bond donors (Lipinski definition) is 4. The summed E-state index contributed by atoms with van der Waals surface area (Å²) >= 11 is 0. The first-order valence-corrected chi connectivity index (χ1v) is 10.4. The predicted molar refractivity (Wildman–Crippen MR) is 102 cm³/mol. The van der Waals surface area contributed by atoms with Gasteiger partial charge in [-0.15, -0.1) is 0 Å². The summed E-state index contributed by atoms with van der Waals surface area (Å²) in [6.45, 7) is 2.15. The Balaban J connectivity index is 1.76. The minimum absolute atomic E-state index is 0.0361. The topological polar surface area (TPSA) is 124 Å². The van der Waals surface area contributed by atoms with E-state index in [9.17, 15) is 24.9 Å². The predicted octanol–water partition coefficient (Wildman–Crippen LogP) is 2.27. The van der Waals surface area contributed by atoms with Crippen molar-refractivity contribution in [2.75, 3.05) is 0 Å². The van der Waals surface area contributed by atoms with Crippen molar-refractivity contribution in [1.82, 2.24) is 0 Å². The number of carbonyl (C=O) groups is 2. The summed E-state index contributed by atoms with van der Waals surface area (Å²) in [6.07, 6.45) is 1.27. The normalized spacial score (nSPS) is 35.0. The fourth-order valence-corrected chi connectivity index (χ4v) is 6.22. The standard InChI is InChI=1S/C22H28O7/c1-11-7-9-22-8-3-2-4-14(22)16(11)19(13-6-5-12(23)10-15(13)22)29-21(28)18(25)17(24)20(26)27/h5-6,10-11,14,16-19,23-25H,2-4,7-9H2,1H3,(H,26,27)/t11?,14-,16-,17+,18+,19?,22+/m0/s1. The zero-order valence-electron chi connectivity index (χ0n) is 16.5. The maximum absolute atomic E-state index is 12.5. The smallest absolute Gasteiger partial charge is 0.338 e. The number of carboxylic acids is 1. The highest BCUT2D eigenvalue weighted by molar-refractivity contribution is 5.84. The summed E-state index contributed by atoms with van der Waals surface area (Å²) in [5.74, 6) is -1.99. The molecule has 0 radical (unpaired) electrons. The molecule has 1 aromatic carbocycles. The van der Waals surface area contributed by atoms with Crippen molar-refractivity contribution < 1.29 is 34.8 Å². The SMILES string of the molecule is CC1CC[C@]23CCCC[C@H]2[C@H]1C(OC(=O)[C@H](O)[C@@H](O)C(=O)O)c1ccc(O)cc13. The van der Waals surface area contributed by atoms with Crippen LogP contribution in [0, 0.1) is 17.8 Å². The molecule has 158 valence electrons. The third kappa shape index (κ3) is 3.11. The number of aliphatic hydroxyl groups is 2. The molecule has 0 heterocycles. The molecule has 7 atom stereocenters. The molecular formula is C22H28O7. The van der Waals surface area contributed by atoms with Crippen molar-refractivity contribution in [3.63, 3.8) is 0 Å². The third-order valence-electron chi connectivity index (χ3n) is 7.53. The Bertz CT molecular complexity index is 821. The highest BCUT2D eigenvalue weighted by atomic mass is 16.6. The van der Waals surface area contributed by atoms with E-state index in [0.717, 1.165) is 49.7 Å². The Morgan fingerprint density at radius 1 is 1.14 bits per heavy atom. The van der Waals surface area contributed by atoms with Crippen LogP contribution in [0.4, 0.5) is 0 Å². The fraction of sp³-hybridized carbons (Fsp3) is 0.636. The van der Waals surface area contributed by atoms with E-state index in [2.05, 4.69) is 6.92 Å². The number of carboxylic acid groups (broad SMARTS) is 1. The van der Waals surface area contributed by atoms with E-state index in [1.54, 1.807) is 18.2 Å². The third-order valence-corrected chi connectivity index (χ3v) is 7.53. The van der Waals surface area contributed by atoms with Crippen molar-refractivity contribution in [3.8, 4) is 5.75 Å². The Kier molecular flexibility index (Phi) is 5.07. The van der Waals surface area contributed by atoms with E-state index in [-0.39, 0.29) is 17.1 Å². The molecule has 3 aliphatic rings. The first-order chi connectivity index (χ1) is 13.8. The van der Waals surface area contributed by atoms with Crippen molar-refractivity contribution in [3.05, 3.63) is 29.3 Å². The first kappa shape index (κ1) is 20.2. The van der Waals surface area contributed by atoms with Crippen LogP contribution in [0.3, 0.4) is 0 Å². The second-order valence-electron chi connectivity index (χ2n) is 8.96. The van der Waals surface area contributed by atoms with Gasteiger partial charge >= 0.3 is 11.9 Å². The molecule has 0 aromatic heterocycles. The Morgan fingerprint density at radius 3 is 2.62 bits per heavy atom. The molecule has 4 rings (SSSR count). The number of ether oxygens (including phenoxy) is 1. The second kappa shape index (κ2) is 7.29. The number of phenolic OH excluding ortho intramolecular Hbond substituents is 1. The molecule has 4 N–H and O–H groups in total. The van der Waals surface area contributed by atoms with Crippen molar-refractivity contribution >= 4 is 11.9 Å². The summed E-state index contributed by atoms with van der Waals surface area (Å²) < 4.78 is 5.70. The van der Waals surface area contributed by atoms with Gasteiger partial charge in [0.1, 0.15) is 11.9 Å². The lowest BCUT2D eigenvalue weighted by atomic mass is 9.46. The molecule has 1 aromatic rings. The Hall–Kier alpha value is -2.12. The number of aliphatic carboxylic acids is 1. The summed E-state index contributed by atoms with van der Waals surface area (Å²) in [4.78, 5) is 23.5. The van der Waals surface area contributed by atoms with Gasteiger partial charge in [0, 0.05) is 5.92 Å². The van der Waals surface area contributed by atoms with Crippen molar-refractivity contribution in [1.29, 1.82) is 0 Å². The second-order valence-corrected chi connectivity index (χ2v) is 8.96. The van der Waals surface area contributed by atoms with E-state index in [0.29, 0.717) is 11.8 Å². The molecule has 3 aliphatic carbocycles. The van der Waals surface area contributed by atoms with Gasteiger partial charge in [-0.3, -0.25) is 0 Å². The lowest BCUT2D eigenvalue weighted by Crippen LogP contribution is -2.54.